The summed E-state index contributed by atoms with van der Waals surface area (Å²) in [5, 5.41) is 3.02. The Morgan fingerprint density at radius 1 is 1.30 bits per heavy atom. The van der Waals surface area contributed by atoms with Gasteiger partial charge in [0.05, 0.1) is 5.56 Å². The van der Waals surface area contributed by atoms with Crippen molar-refractivity contribution in [2.45, 2.75) is 32.0 Å². The van der Waals surface area contributed by atoms with Crippen LogP contribution < -0.4 is 5.32 Å². The van der Waals surface area contributed by atoms with E-state index in [2.05, 4.69) is 21.2 Å². The first-order chi connectivity index (χ1) is 9.38. The number of rotatable bonds is 3. The molecule has 1 unspecified atom stereocenters. The maximum absolute atomic E-state index is 13.0. The van der Waals surface area contributed by atoms with Crippen molar-refractivity contribution in [2.75, 3.05) is 18.5 Å². The van der Waals surface area contributed by atoms with E-state index in [1.165, 1.54) is 6.07 Å². The van der Waals surface area contributed by atoms with Gasteiger partial charge in [-0.3, -0.25) is 0 Å². The minimum absolute atomic E-state index is 0.0128. The van der Waals surface area contributed by atoms with Crippen molar-refractivity contribution in [3.05, 3.63) is 28.2 Å². The fraction of sp³-hybridized carbons (Fsp3) is 0.571. The summed E-state index contributed by atoms with van der Waals surface area (Å²) in [6.07, 6.45) is -2.60. The fourth-order valence-corrected chi connectivity index (χ4v) is 2.82. The average Bonchev–Trinajstić information content (AvgIpc) is 2.40. The molecule has 2 rings (SSSR count). The SMILES string of the molecule is CC(Nc1ccc(Br)cc1C(F)(F)F)C1CCOCC1. The number of hydrogen-bond donors (Lipinski definition) is 1. The van der Waals surface area contributed by atoms with E-state index in [1.54, 1.807) is 6.07 Å². The van der Waals surface area contributed by atoms with Crippen molar-refractivity contribution in [2.24, 2.45) is 5.92 Å². The molecule has 1 saturated heterocycles. The Bertz CT molecular complexity index is 458. The lowest BCUT2D eigenvalue weighted by Crippen LogP contribution is -2.31. The molecule has 1 aliphatic heterocycles. The number of alkyl halides is 3. The van der Waals surface area contributed by atoms with Crippen molar-refractivity contribution in [1.82, 2.24) is 0 Å². The monoisotopic (exact) mass is 351 g/mol. The third kappa shape index (κ3) is 3.88. The summed E-state index contributed by atoms with van der Waals surface area (Å²) < 4.78 is 44.8. The zero-order valence-electron chi connectivity index (χ0n) is 11.1. The molecule has 1 aliphatic rings. The lowest BCUT2D eigenvalue weighted by Gasteiger charge is -2.30. The van der Waals surface area contributed by atoms with Crippen molar-refractivity contribution < 1.29 is 17.9 Å². The number of nitrogens with one attached hydrogen (secondary N) is 1. The molecule has 1 fully saturated rings. The second-order valence-electron chi connectivity index (χ2n) is 5.07. The van der Waals surface area contributed by atoms with Gasteiger partial charge < -0.3 is 10.1 Å². The molecule has 1 N–H and O–H groups in total. The number of anilines is 1. The molecule has 1 heterocycles. The van der Waals surface area contributed by atoms with E-state index >= 15 is 0 Å². The minimum Gasteiger partial charge on any atom is -0.382 e. The lowest BCUT2D eigenvalue weighted by molar-refractivity contribution is -0.137. The van der Waals surface area contributed by atoms with Crippen LogP contribution in [0.5, 0.6) is 0 Å². The van der Waals surface area contributed by atoms with Gasteiger partial charge in [0.2, 0.25) is 0 Å². The number of benzene rings is 1. The molecule has 1 aromatic rings. The highest BCUT2D eigenvalue weighted by atomic mass is 79.9. The van der Waals surface area contributed by atoms with Crippen molar-refractivity contribution >= 4 is 21.6 Å². The van der Waals surface area contributed by atoms with Gasteiger partial charge in [-0.1, -0.05) is 15.9 Å². The molecule has 1 aromatic carbocycles. The summed E-state index contributed by atoms with van der Waals surface area (Å²) in [5.74, 6) is 0.341. The Morgan fingerprint density at radius 2 is 1.95 bits per heavy atom. The minimum atomic E-state index is -4.36. The molecule has 6 heteroatoms. The van der Waals surface area contributed by atoms with Gasteiger partial charge in [0, 0.05) is 29.4 Å². The van der Waals surface area contributed by atoms with E-state index in [1.807, 2.05) is 6.92 Å². The molecule has 2 nitrogen and oxygen atoms in total. The van der Waals surface area contributed by atoms with Crippen LogP contribution in [-0.4, -0.2) is 19.3 Å². The van der Waals surface area contributed by atoms with E-state index < -0.39 is 11.7 Å². The van der Waals surface area contributed by atoms with Crippen LogP contribution in [0.25, 0.3) is 0 Å². The second kappa shape index (κ2) is 6.35. The van der Waals surface area contributed by atoms with Gasteiger partial charge in [0.25, 0.3) is 0 Å². The van der Waals surface area contributed by atoms with Crippen molar-refractivity contribution in [3.8, 4) is 0 Å². The predicted molar refractivity (Wildman–Crippen MR) is 75.8 cm³/mol. The first-order valence-electron chi connectivity index (χ1n) is 6.59. The van der Waals surface area contributed by atoms with Gasteiger partial charge in [-0.25, -0.2) is 0 Å². The molecule has 1 atom stereocenters. The Labute approximate surface area is 124 Å². The normalized spacial score (nSPS) is 18.9. The van der Waals surface area contributed by atoms with Gasteiger partial charge in [0.1, 0.15) is 0 Å². The summed E-state index contributed by atoms with van der Waals surface area (Å²) in [6, 6.07) is 4.19. The third-order valence-corrected chi connectivity index (χ3v) is 4.14. The summed E-state index contributed by atoms with van der Waals surface area (Å²) >= 11 is 3.09. The fourth-order valence-electron chi connectivity index (χ4n) is 2.46. The average molecular weight is 352 g/mol. The van der Waals surface area contributed by atoms with Gasteiger partial charge in [-0.15, -0.1) is 0 Å². The largest absolute Gasteiger partial charge is 0.418 e. The second-order valence-corrected chi connectivity index (χ2v) is 5.99. The van der Waals surface area contributed by atoms with Crippen LogP contribution in [0.3, 0.4) is 0 Å². The summed E-state index contributed by atoms with van der Waals surface area (Å²) in [5.41, 5.74) is -0.495. The molecule has 112 valence electrons. The quantitative estimate of drug-likeness (QED) is 0.852. The lowest BCUT2D eigenvalue weighted by atomic mass is 9.92. The Kier molecular flexibility index (Phi) is 4.96. The first-order valence-corrected chi connectivity index (χ1v) is 7.38. The molecule has 0 aromatic heterocycles. The predicted octanol–water partition coefficient (Wildman–Crippen LogP) is 4.69. The van der Waals surface area contributed by atoms with Crippen LogP contribution in [0.4, 0.5) is 18.9 Å². The molecule has 0 bridgehead atoms. The summed E-state index contributed by atoms with van der Waals surface area (Å²) in [7, 11) is 0. The number of ether oxygens (including phenoxy) is 1. The Morgan fingerprint density at radius 3 is 2.55 bits per heavy atom. The van der Waals surface area contributed by atoms with Gasteiger partial charge >= 0.3 is 6.18 Å². The number of hydrogen-bond acceptors (Lipinski definition) is 2. The molecule has 0 aliphatic carbocycles. The number of halogens is 4. The highest BCUT2D eigenvalue weighted by molar-refractivity contribution is 9.10. The van der Waals surface area contributed by atoms with Crippen molar-refractivity contribution in [3.63, 3.8) is 0 Å². The van der Waals surface area contributed by atoms with Crippen molar-refractivity contribution in [1.29, 1.82) is 0 Å². The van der Waals surface area contributed by atoms with Gasteiger partial charge in [0.15, 0.2) is 0 Å². The van der Waals surface area contributed by atoms with Crippen LogP contribution in [0.2, 0.25) is 0 Å². The molecule has 0 spiro atoms. The molecular weight excluding hydrogens is 335 g/mol. The summed E-state index contributed by atoms with van der Waals surface area (Å²) in [4.78, 5) is 0. The first kappa shape index (κ1) is 15.6. The van der Waals surface area contributed by atoms with Crippen LogP contribution in [0, 0.1) is 5.92 Å². The maximum atomic E-state index is 13.0. The molecule has 0 radical (unpaired) electrons. The van der Waals surface area contributed by atoms with Crippen LogP contribution in [0.1, 0.15) is 25.3 Å². The molecular formula is C14H17BrF3NO. The van der Waals surface area contributed by atoms with E-state index in [0.717, 1.165) is 18.9 Å². The zero-order valence-corrected chi connectivity index (χ0v) is 12.7. The third-order valence-electron chi connectivity index (χ3n) is 3.64. The van der Waals surface area contributed by atoms with Crippen LogP contribution in [0.15, 0.2) is 22.7 Å². The Balaban J connectivity index is 2.16. The molecule has 0 amide bonds. The Hall–Kier alpha value is -0.750. The summed E-state index contributed by atoms with van der Waals surface area (Å²) in [6.45, 7) is 3.30. The maximum Gasteiger partial charge on any atom is 0.418 e. The van der Waals surface area contributed by atoms with Crippen LogP contribution in [-0.2, 0) is 10.9 Å². The highest BCUT2D eigenvalue weighted by Gasteiger charge is 2.34. The zero-order chi connectivity index (χ0) is 14.8. The molecule has 20 heavy (non-hydrogen) atoms. The standard InChI is InChI=1S/C14H17BrF3NO/c1-9(10-4-6-20-7-5-10)19-13-3-2-11(15)8-12(13)14(16,17)18/h2-3,8-10,19H,4-7H2,1H3. The molecule has 0 saturated carbocycles. The van der Waals surface area contributed by atoms with Crippen LogP contribution >= 0.6 is 15.9 Å². The van der Waals surface area contributed by atoms with E-state index in [0.29, 0.717) is 23.6 Å². The van der Waals surface area contributed by atoms with E-state index in [9.17, 15) is 13.2 Å². The van der Waals surface area contributed by atoms with E-state index in [4.69, 9.17) is 4.74 Å². The smallest absolute Gasteiger partial charge is 0.382 e. The highest BCUT2D eigenvalue weighted by Crippen LogP contribution is 2.37. The van der Waals surface area contributed by atoms with E-state index in [-0.39, 0.29) is 11.7 Å². The topological polar surface area (TPSA) is 21.3 Å². The van der Waals surface area contributed by atoms with Gasteiger partial charge in [-0.05, 0) is 43.9 Å². The van der Waals surface area contributed by atoms with Gasteiger partial charge in [-0.2, -0.15) is 13.2 Å².